The lowest BCUT2D eigenvalue weighted by Gasteiger charge is -2.18. The van der Waals surface area contributed by atoms with Gasteiger partial charge in [-0.2, -0.15) is 5.10 Å². The van der Waals surface area contributed by atoms with E-state index in [-0.39, 0.29) is 5.69 Å². The van der Waals surface area contributed by atoms with Crippen LogP contribution in [0.3, 0.4) is 0 Å². The predicted molar refractivity (Wildman–Crippen MR) is 88.1 cm³/mol. The molecular weight excluding hydrogens is 322 g/mol. The minimum absolute atomic E-state index is 0.128. The van der Waals surface area contributed by atoms with Crippen molar-refractivity contribution in [2.45, 2.75) is 0 Å². The molecule has 0 aliphatic carbocycles. The Bertz CT molecular complexity index is 1000. The quantitative estimate of drug-likeness (QED) is 0.743. The zero-order valence-corrected chi connectivity index (χ0v) is 12.8. The lowest BCUT2D eigenvalue weighted by molar-refractivity contribution is 0.0689. The summed E-state index contributed by atoms with van der Waals surface area (Å²) < 4.78 is 1.34. The number of rotatable bonds is 3. The largest absolute Gasteiger partial charge is 0.476 e. The Morgan fingerprint density at radius 1 is 0.840 bits per heavy atom. The van der Waals surface area contributed by atoms with Crippen LogP contribution in [0.25, 0.3) is 5.69 Å². The van der Waals surface area contributed by atoms with E-state index in [4.69, 9.17) is 5.11 Å². The van der Waals surface area contributed by atoms with Crippen LogP contribution in [-0.2, 0) is 0 Å². The Morgan fingerprint density at radius 3 is 1.96 bits per heavy atom. The van der Waals surface area contributed by atoms with E-state index in [0.29, 0.717) is 22.5 Å². The van der Waals surface area contributed by atoms with Gasteiger partial charge in [0, 0.05) is 6.20 Å². The number of carboxylic acid groups (broad SMARTS) is 1. The number of fused-ring (bicyclic) bond motifs is 1. The number of carbonyl (C=O) groups is 3. The molecule has 7 nitrogen and oxygen atoms in total. The summed E-state index contributed by atoms with van der Waals surface area (Å²) in [6.45, 7) is 0. The highest BCUT2D eigenvalue weighted by atomic mass is 16.4. The lowest BCUT2D eigenvalue weighted by Crippen LogP contribution is -2.30. The number of anilines is 1. The summed E-state index contributed by atoms with van der Waals surface area (Å²) in [5.74, 6) is -1.99. The summed E-state index contributed by atoms with van der Waals surface area (Å²) in [5.41, 5.74) is 1.33. The second-order valence-electron chi connectivity index (χ2n) is 5.43. The molecule has 0 atom stereocenters. The molecule has 2 amide bonds. The van der Waals surface area contributed by atoms with E-state index in [1.807, 2.05) is 0 Å². The van der Waals surface area contributed by atoms with E-state index >= 15 is 0 Å². The van der Waals surface area contributed by atoms with Crippen LogP contribution < -0.4 is 4.90 Å². The van der Waals surface area contributed by atoms with Gasteiger partial charge in [0.2, 0.25) is 0 Å². The minimum atomic E-state index is -1.16. The summed E-state index contributed by atoms with van der Waals surface area (Å²) in [5, 5.41) is 13.0. The smallest absolute Gasteiger partial charge is 0.356 e. The monoisotopic (exact) mass is 333 g/mol. The van der Waals surface area contributed by atoms with Gasteiger partial charge >= 0.3 is 5.97 Å². The van der Waals surface area contributed by atoms with Crippen molar-refractivity contribution in [2.24, 2.45) is 0 Å². The van der Waals surface area contributed by atoms with E-state index in [0.717, 1.165) is 4.90 Å². The Morgan fingerprint density at radius 2 is 1.40 bits per heavy atom. The molecule has 0 fully saturated rings. The van der Waals surface area contributed by atoms with Crippen molar-refractivity contribution in [1.29, 1.82) is 0 Å². The van der Waals surface area contributed by atoms with Crippen LogP contribution in [0.1, 0.15) is 31.2 Å². The Hall–Kier alpha value is -3.74. The number of amides is 2. The van der Waals surface area contributed by atoms with E-state index in [9.17, 15) is 14.4 Å². The van der Waals surface area contributed by atoms with Gasteiger partial charge in [0.15, 0.2) is 5.69 Å². The minimum Gasteiger partial charge on any atom is -0.476 e. The third-order valence-electron chi connectivity index (χ3n) is 3.97. The molecule has 3 aromatic rings. The van der Waals surface area contributed by atoms with Crippen LogP contribution in [0.15, 0.2) is 60.8 Å². The summed E-state index contributed by atoms with van der Waals surface area (Å²) >= 11 is 0. The van der Waals surface area contributed by atoms with E-state index < -0.39 is 17.8 Å². The zero-order valence-electron chi connectivity index (χ0n) is 12.8. The zero-order chi connectivity index (χ0) is 17.6. The van der Waals surface area contributed by atoms with Crippen molar-refractivity contribution in [2.75, 3.05) is 4.90 Å². The molecule has 1 aromatic heterocycles. The average molecular weight is 333 g/mol. The van der Waals surface area contributed by atoms with Gasteiger partial charge in [0.1, 0.15) is 0 Å². The highest BCUT2D eigenvalue weighted by molar-refractivity contribution is 6.34. The maximum absolute atomic E-state index is 12.7. The SMILES string of the molecule is O=C(O)c1ccn(-c2ccccc2N2C(=O)c3ccccc3C2=O)n1. The summed E-state index contributed by atoms with van der Waals surface area (Å²) in [7, 11) is 0. The molecule has 0 bridgehead atoms. The fourth-order valence-corrected chi connectivity index (χ4v) is 2.83. The van der Waals surface area contributed by atoms with Crippen LogP contribution in [-0.4, -0.2) is 32.7 Å². The third kappa shape index (κ3) is 2.21. The molecule has 0 unspecified atom stereocenters. The maximum atomic E-state index is 12.7. The van der Waals surface area contributed by atoms with Gasteiger partial charge in [-0.15, -0.1) is 0 Å². The first-order chi connectivity index (χ1) is 12.1. The van der Waals surface area contributed by atoms with Gasteiger partial charge in [0.25, 0.3) is 11.8 Å². The van der Waals surface area contributed by atoms with Crippen molar-refractivity contribution in [1.82, 2.24) is 9.78 Å². The number of aromatic nitrogens is 2. The number of benzene rings is 2. The van der Waals surface area contributed by atoms with E-state index in [2.05, 4.69) is 5.10 Å². The molecular formula is C18H11N3O4. The molecule has 2 heterocycles. The van der Waals surface area contributed by atoms with E-state index in [1.54, 1.807) is 48.5 Å². The van der Waals surface area contributed by atoms with Crippen molar-refractivity contribution in [3.8, 4) is 5.69 Å². The second-order valence-corrected chi connectivity index (χ2v) is 5.43. The molecule has 0 radical (unpaired) electrons. The van der Waals surface area contributed by atoms with Crippen LogP contribution in [0, 0.1) is 0 Å². The molecule has 2 aromatic carbocycles. The second kappa shape index (κ2) is 5.41. The number of carbonyl (C=O) groups excluding carboxylic acids is 2. The van der Waals surface area contributed by atoms with Crippen LogP contribution in [0.5, 0.6) is 0 Å². The number of carboxylic acids is 1. The Labute approximate surface area is 141 Å². The topological polar surface area (TPSA) is 92.5 Å². The van der Waals surface area contributed by atoms with Gasteiger partial charge < -0.3 is 5.11 Å². The van der Waals surface area contributed by atoms with Crippen LogP contribution in [0.2, 0.25) is 0 Å². The van der Waals surface area contributed by atoms with Crippen LogP contribution >= 0.6 is 0 Å². The number of hydrogen-bond donors (Lipinski definition) is 1. The summed E-state index contributed by atoms with van der Waals surface area (Å²) in [4.78, 5) is 37.5. The molecule has 1 aliphatic rings. The summed E-state index contributed by atoms with van der Waals surface area (Å²) in [6, 6.07) is 14.7. The lowest BCUT2D eigenvalue weighted by atomic mass is 10.1. The number of aromatic carboxylic acids is 1. The fraction of sp³-hybridized carbons (Fsp3) is 0. The molecule has 1 aliphatic heterocycles. The average Bonchev–Trinajstić information content (AvgIpc) is 3.20. The van der Waals surface area contributed by atoms with Gasteiger partial charge in [0.05, 0.1) is 22.5 Å². The van der Waals surface area contributed by atoms with Gasteiger partial charge in [-0.25, -0.2) is 14.4 Å². The molecule has 0 saturated carbocycles. The third-order valence-corrected chi connectivity index (χ3v) is 3.97. The van der Waals surface area contributed by atoms with Crippen molar-refractivity contribution in [3.05, 3.63) is 77.6 Å². The molecule has 0 saturated heterocycles. The van der Waals surface area contributed by atoms with Gasteiger partial charge in [-0.05, 0) is 30.3 Å². The highest BCUT2D eigenvalue weighted by Crippen LogP contribution is 2.32. The van der Waals surface area contributed by atoms with Gasteiger partial charge in [-0.1, -0.05) is 24.3 Å². The van der Waals surface area contributed by atoms with E-state index in [1.165, 1.54) is 16.9 Å². The number of hydrogen-bond acceptors (Lipinski definition) is 4. The number of nitrogens with zero attached hydrogens (tertiary/aromatic N) is 3. The molecule has 7 heteroatoms. The molecule has 0 spiro atoms. The highest BCUT2D eigenvalue weighted by Gasteiger charge is 2.37. The van der Waals surface area contributed by atoms with Crippen molar-refractivity contribution in [3.63, 3.8) is 0 Å². The first kappa shape index (κ1) is 14.8. The molecule has 122 valence electrons. The number of para-hydroxylation sites is 2. The summed E-state index contributed by atoms with van der Waals surface area (Å²) in [6.07, 6.45) is 1.47. The van der Waals surface area contributed by atoms with Crippen molar-refractivity contribution >= 4 is 23.5 Å². The Balaban J connectivity index is 1.84. The predicted octanol–water partition coefficient (Wildman–Crippen LogP) is 2.37. The van der Waals surface area contributed by atoms with Crippen molar-refractivity contribution < 1.29 is 19.5 Å². The maximum Gasteiger partial charge on any atom is 0.356 e. The molecule has 1 N–H and O–H groups in total. The Kier molecular flexibility index (Phi) is 3.21. The fourth-order valence-electron chi connectivity index (χ4n) is 2.83. The first-order valence-electron chi connectivity index (χ1n) is 7.44. The van der Waals surface area contributed by atoms with Gasteiger partial charge in [-0.3, -0.25) is 9.59 Å². The number of imide groups is 1. The standard InChI is InChI=1S/C18H11N3O4/c22-16-11-5-1-2-6-12(11)17(23)21(16)15-8-4-3-7-14(15)20-10-9-13(19-20)18(24)25/h1-10H,(H,24,25). The molecule has 25 heavy (non-hydrogen) atoms. The normalized spacial score (nSPS) is 13.2. The first-order valence-corrected chi connectivity index (χ1v) is 7.44. The molecule has 4 rings (SSSR count). The van der Waals surface area contributed by atoms with Crippen LogP contribution in [0.4, 0.5) is 5.69 Å².